The van der Waals surface area contributed by atoms with Gasteiger partial charge in [-0.2, -0.15) is 0 Å². The summed E-state index contributed by atoms with van der Waals surface area (Å²) in [7, 11) is 0. The summed E-state index contributed by atoms with van der Waals surface area (Å²) in [6.45, 7) is 0. The first-order valence-corrected chi connectivity index (χ1v) is 19.6. The van der Waals surface area contributed by atoms with Crippen LogP contribution < -0.4 is 4.90 Å². The molecule has 0 bridgehead atoms. The van der Waals surface area contributed by atoms with Crippen LogP contribution in [0.15, 0.2) is 180 Å². The Morgan fingerprint density at radius 2 is 1.02 bits per heavy atom. The minimum atomic E-state index is -0.451. The average Bonchev–Trinajstić information content (AvgIpc) is 3.87. The van der Waals surface area contributed by atoms with Gasteiger partial charge in [0.2, 0.25) is 0 Å². The lowest BCUT2D eigenvalue weighted by Gasteiger charge is -2.33. The molecule has 0 amide bonds. The smallest absolute Gasteiger partial charge is 0.137 e. The van der Waals surface area contributed by atoms with E-state index in [-0.39, 0.29) is 0 Å². The quantitative estimate of drug-likeness (QED) is 0.181. The second-order valence-electron chi connectivity index (χ2n) is 15.4. The first kappa shape index (κ1) is 30.8. The topological polar surface area (TPSA) is 16.4 Å². The Labute approximate surface area is 320 Å². The van der Waals surface area contributed by atoms with E-state index < -0.39 is 5.41 Å². The van der Waals surface area contributed by atoms with Crippen molar-refractivity contribution in [3.63, 3.8) is 0 Å². The van der Waals surface area contributed by atoms with Crippen LogP contribution in [-0.4, -0.2) is 0 Å². The van der Waals surface area contributed by atoms with Crippen LogP contribution >= 0.6 is 0 Å². The number of aryl methyl sites for hydroxylation is 1. The minimum Gasteiger partial charge on any atom is -0.456 e. The Morgan fingerprint density at radius 3 is 1.78 bits per heavy atom. The highest BCUT2D eigenvalue weighted by Gasteiger charge is 2.52. The standard InChI is InChI=1S/C53H37NO/c1-2-17-35(18-3-1)54(36-29-30-43-42-23-9-13-28-51(42)55-52(43)31-36)50-33-49-44(32-45(50)38-24-14-16-34-15-4-5-19-37(34)38)41-22-8-12-27-48(41)53(49)46-25-10-6-20-39(46)40-21-7-11-26-47(40)53/h1-3,6-14,16-18,20-33H,4-5,15,19H2. The number of furan rings is 1. The van der Waals surface area contributed by atoms with Crippen LogP contribution in [0.2, 0.25) is 0 Å². The lowest BCUT2D eigenvalue weighted by atomic mass is 9.70. The average molecular weight is 704 g/mol. The van der Waals surface area contributed by atoms with Crippen molar-refractivity contribution in [3.05, 3.63) is 209 Å². The summed E-state index contributed by atoms with van der Waals surface area (Å²) in [5, 5.41) is 2.27. The molecule has 12 rings (SSSR count). The number of rotatable bonds is 4. The molecule has 0 atom stereocenters. The number of fused-ring (bicyclic) bond motifs is 14. The molecule has 55 heavy (non-hydrogen) atoms. The molecule has 0 saturated carbocycles. The molecule has 2 nitrogen and oxygen atoms in total. The zero-order valence-corrected chi connectivity index (χ0v) is 30.4. The van der Waals surface area contributed by atoms with Crippen LogP contribution in [0.1, 0.15) is 46.2 Å². The van der Waals surface area contributed by atoms with E-state index in [2.05, 4.69) is 175 Å². The third-order valence-electron chi connectivity index (χ3n) is 12.7. The van der Waals surface area contributed by atoms with E-state index in [0.717, 1.165) is 46.2 Å². The fourth-order valence-corrected chi connectivity index (χ4v) is 10.4. The van der Waals surface area contributed by atoms with Gasteiger partial charge in [0, 0.05) is 33.8 Å². The summed E-state index contributed by atoms with van der Waals surface area (Å²) in [5.41, 5.74) is 21.0. The molecule has 0 N–H and O–H groups in total. The molecular formula is C53H37NO. The van der Waals surface area contributed by atoms with Crippen molar-refractivity contribution in [2.24, 2.45) is 0 Å². The van der Waals surface area contributed by atoms with Crippen molar-refractivity contribution < 1.29 is 4.42 Å². The van der Waals surface area contributed by atoms with Crippen LogP contribution in [0.4, 0.5) is 17.1 Å². The predicted molar refractivity (Wildman–Crippen MR) is 227 cm³/mol. The second-order valence-corrected chi connectivity index (χ2v) is 15.4. The molecule has 0 radical (unpaired) electrons. The molecule has 9 aromatic rings. The third-order valence-corrected chi connectivity index (χ3v) is 12.7. The summed E-state index contributed by atoms with van der Waals surface area (Å²) in [5.74, 6) is 0. The molecule has 8 aromatic carbocycles. The van der Waals surface area contributed by atoms with Gasteiger partial charge in [-0.1, -0.05) is 127 Å². The zero-order valence-electron chi connectivity index (χ0n) is 30.4. The van der Waals surface area contributed by atoms with Gasteiger partial charge in [0.05, 0.1) is 11.1 Å². The number of benzene rings is 8. The van der Waals surface area contributed by atoms with E-state index in [9.17, 15) is 0 Å². The molecule has 3 aliphatic carbocycles. The number of hydrogen-bond donors (Lipinski definition) is 0. The first-order valence-electron chi connectivity index (χ1n) is 19.6. The van der Waals surface area contributed by atoms with E-state index in [0.29, 0.717) is 0 Å². The molecular weight excluding hydrogens is 667 g/mol. The summed E-state index contributed by atoms with van der Waals surface area (Å²) < 4.78 is 6.55. The molecule has 2 heteroatoms. The summed E-state index contributed by atoms with van der Waals surface area (Å²) in [6.07, 6.45) is 4.69. The van der Waals surface area contributed by atoms with Gasteiger partial charge in [0.1, 0.15) is 11.2 Å². The van der Waals surface area contributed by atoms with Crippen LogP contribution in [0, 0.1) is 0 Å². The van der Waals surface area contributed by atoms with Crippen molar-refractivity contribution in [2.45, 2.75) is 31.1 Å². The highest BCUT2D eigenvalue weighted by molar-refractivity contribution is 6.07. The molecule has 3 aliphatic rings. The molecule has 1 heterocycles. The minimum absolute atomic E-state index is 0.451. The van der Waals surface area contributed by atoms with Crippen molar-refractivity contribution in [3.8, 4) is 33.4 Å². The van der Waals surface area contributed by atoms with Crippen molar-refractivity contribution in [1.82, 2.24) is 0 Å². The van der Waals surface area contributed by atoms with E-state index >= 15 is 0 Å². The molecule has 0 fully saturated rings. The second kappa shape index (κ2) is 11.7. The van der Waals surface area contributed by atoms with Crippen LogP contribution in [-0.2, 0) is 18.3 Å². The van der Waals surface area contributed by atoms with E-state index in [1.165, 1.54) is 85.3 Å². The maximum absolute atomic E-state index is 6.55. The van der Waals surface area contributed by atoms with Crippen LogP contribution in [0.3, 0.4) is 0 Å². The van der Waals surface area contributed by atoms with Crippen LogP contribution in [0.5, 0.6) is 0 Å². The summed E-state index contributed by atoms with van der Waals surface area (Å²) in [4.78, 5) is 2.48. The first-order chi connectivity index (χ1) is 27.3. The maximum atomic E-state index is 6.55. The van der Waals surface area contributed by atoms with Gasteiger partial charge in [-0.3, -0.25) is 0 Å². The van der Waals surface area contributed by atoms with E-state index in [4.69, 9.17) is 4.42 Å². The van der Waals surface area contributed by atoms with Crippen LogP contribution in [0.25, 0.3) is 55.3 Å². The molecule has 0 aliphatic heterocycles. The molecule has 0 saturated heterocycles. The predicted octanol–water partition coefficient (Wildman–Crippen LogP) is 13.9. The van der Waals surface area contributed by atoms with Gasteiger partial charge in [-0.05, 0) is 129 Å². The molecule has 1 spiro atoms. The molecule has 260 valence electrons. The lowest BCUT2D eigenvalue weighted by molar-refractivity contribution is 0.669. The number of nitrogens with zero attached hydrogens (tertiary/aromatic N) is 1. The Bertz CT molecular complexity index is 2960. The Hall–Kier alpha value is -6.64. The highest BCUT2D eigenvalue weighted by Crippen LogP contribution is 2.64. The van der Waals surface area contributed by atoms with Crippen molar-refractivity contribution >= 4 is 39.0 Å². The van der Waals surface area contributed by atoms with E-state index in [1.54, 1.807) is 0 Å². The monoisotopic (exact) mass is 703 g/mol. The van der Waals surface area contributed by atoms with Crippen molar-refractivity contribution in [2.75, 3.05) is 4.90 Å². The Morgan fingerprint density at radius 1 is 0.400 bits per heavy atom. The fourth-order valence-electron chi connectivity index (χ4n) is 10.4. The fraction of sp³-hybridized carbons (Fsp3) is 0.0943. The largest absolute Gasteiger partial charge is 0.456 e. The molecule has 1 aromatic heterocycles. The van der Waals surface area contributed by atoms with E-state index in [1.807, 2.05) is 6.07 Å². The van der Waals surface area contributed by atoms with Gasteiger partial charge in [0.15, 0.2) is 0 Å². The number of para-hydroxylation sites is 2. The zero-order chi connectivity index (χ0) is 36.1. The van der Waals surface area contributed by atoms with Gasteiger partial charge in [-0.15, -0.1) is 0 Å². The third kappa shape index (κ3) is 4.25. The maximum Gasteiger partial charge on any atom is 0.137 e. The van der Waals surface area contributed by atoms with Crippen molar-refractivity contribution in [1.29, 1.82) is 0 Å². The molecule has 0 unspecified atom stereocenters. The summed E-state index contributed by atoms with van der Waals surface area (Å²) in [6, 6.07) is 65.5. The normalized spacial score (nSPS) is 14.4. The van der Waals surface area contributed by atoms with Gasteiger partial charge >= 0.3 is 0 Å². The Balaban J connectivity index is 1.21. The number of hydrogen-bond acceptors (Lipinski definition) is 2. The Kier molecular flexibility index (Phi) is 6.54. The van der Waals surface area contributed by atoms with Gasteiger partial charge in [-0.25, -0.2) is 0 Å². The van der Waals surface area contributed by atoms with Gasteiger partial charge in [0.25, 0.3) is 0 Å². The highest BCUT2D eigenvalue weighted by atomic mass is 16.3. The lowest BCUT2D eigenvalue weighted by Crippen LogP contribution is -2.26. The number of anilines is 3. The van der Waals surface area contributed by atoms with Gasteiger partial charge < -0.3 is 9.32 Å². The summed E-state index contributed by atoms with van der Waals surface area (Å²) >= 11 is 0. The SMILES string of the molecule is c1ccc(N(c2ccc3c(c2)oc2ccccc23)c2cc3c(cc2-c2cccc4c2CCCC4)-c2ccccc2C32c3ccccc3-c3ccccc32)cc1.